The van der Waals surface area contributed by atoms with Crippen LogP contribution < -0.4 is 9.64 Å². The molecular formula is C26H25FN4O2S. The van der Waals surface area contributed by atoms with Gasteiger partial charge in [0.1, 0.15) is 11.6 Å². The highest BCUT2D eigenvalue weighted by atomic mass is 32.2. The number of benzene rings is 3. The first-order chi connectivity index (χ1) is 16.6. The third kappa shape index (κ3) is 5.46. The normalized spacial score (nSPS) is 11.7. The second-order valence-electron chi connectivity index (χ2n) is 7.49. The van der Waals surface area contributed by atoms with Crippen LogP contribution in [-0.4, -0.2) is 33.0 Å². The van der Waals surface area contributed by atoms with Gasteiger partial charge in [-0.3, -0.25) is 9.36 Å². The highest BCUT2D eigenvalue weighted by Gasteiger charge is 2.23. The molecule has 0 spiro atoms. The number of hydrogen-bond donors (Lipinski definition) is 0. The van der Waals surface area contributed by atoms with E-state index in [0.29, 0.717) is 23.3 Å². The molecule has 0 N–H and O–H groups in total. The quantitative estimate of drug-likeness (QED) is 0.290. The molecule has 0 aliphatic rings. The summed E-state index contributed by atoms with van der Waals surface area (Å²) in [6.45, 7) is 4.39. The number of nitrogens with zero attached hydrogens (tertiary/aromatic N) is 4. The van der Waals surface area contributed by atoms with E-state index in [1.54, 1.807) is 17.0 Å². The second kappa shape index (κ2) is 11.0. The van der Waals surface area contributed by atoms with Gasteiger partial charge in [0.25, 0.3) is 0 Å². The van der Waals surface area contributed by atoms with Gasteiger partial charge < -0.3 is 9.64 Å². The van der Waals surface area contributed by atoms with Gasteiger partial charge in [0.05, 0.1) is 5.75 Å². The molecule has 0 radical (unpaired) electrons. The second-order valence-corrected chi connectivity index (χ2v) is 8.43. The summed E-state index contributed by atoms with van der Waals surface area (Å²) < 4.78 is 21.2. The molecule has 0 saturated carbocycles. The predicted octanol–water partition coefficient (Wildman–Crippen LogP) is 5.69. The van der Waals surface area contributed by atoms with Gasteiger partial charge in [-0.15, -0.1) is 10.2 Å². The average molecular weight is 477 g/mol. The van der Waals surface area contributed by atoms with E-state index in [0.717, 1.165) is 11.4 Å². The lowest BCUT2D eigenvalue weighted by molar-refractivity contribution is -0.116. The summed E-state index contributed by atoms with van der Waals surface area (Å²) >= 11 is 1.33. The van der Waals surface area contributed by atoms with Crippen LogP contribution in [0.25, 0.3) is 5.69 Å². The summed E-state index contributed by atoms with van der Waals surface area (Å²) in [5.74, 6) is 0.982. The molecule has 3 aromatic carbocycles. The first kappa shape index (κ1) is 23.5. The molecule has 0 aliphatic heterocycles. The van der Waals surface area contributed by atoms with E-state index < -0.39 is 6.10 Å². The number of halogens is 1. The lowest BCUT2D eigenvalue weighted by Gasteiger charge is -2.21. The number of ether oxygens (including phenoxy) is 1. The molecule has 4 rings (SSSR count). The Hall–Kier alpha value is -3.65. The number of carbonyl (C=O) groups is 1. The Bertz CT molecular complexity index is 1220. The molecule has 8 heteroatoms. The van der Waals surface area contributed by atoms with E-state index >= 15 is 0 Å². The largest absolute Gasteiger partial charge is 0.483 e. The maximum absolute atomic E-state index is 13.3. The Morgan fingerprint density at radius 3 is 2.29 bits per heavy atom. The van der Waals surface area contributed by atoms with Crippen molar-refractivity contribution in [3.63, 3.8) is 0 Å². The van der Waals surface area contributed by atoms with Crippen molar-refractivity contribution in [1.82, 2.24) is 14.8 Å². The third-order valence-electron chi connectivity index (χ3n) is 5.17. The van der Waals surface area contributed by atoms with Gasteiger partial charge in [0.2, 0.25) is 5.91 Å². The van der Waals surface area contributed by atoms with Crippen molar-refractivity contribution in [2.45, 2.75) is 25.1 Å². The number of para-hydroxylation sites is 2. The van der Waals surface area contributed by atoms with Gasteiger partial charge >= 0.3 is 0 Å². The lowest BCUT2D eigenvalue weighted by atomic mass is 10.3. The van der Waals surface area contributed by atoms with Gasteiger partial charge in [0, 0.05) is 17.9 Å². The molecule has 174 valence electrons. The molecule has 4 aromatic rings. The van der Waals surface area contributed by atoms with Crippen LogP contribution in [0.4, 0.5) is 10.1 Å². The summed E-state index contributed by atoms with van der Waals surface area (Å²) in [5, 5.41) is 9.33. The zero-order chi connectivity index (χ0) is 23.9. The van der Waals surface area contributed by atoms with Crippen LogP contribution in [0.15, 0.2) is 90.1 Å². The maximum atomic E-state index is 13.3. The predicted molar refractivity (Wildman–Crippen MR) is 132 cm³/mol. The number of aromatic nitrogens is 3. The zero-order valence-electron chi connectivity index (χ0n) is 19.0. The standard InChI is InChI=1S/C26H25FN4O2S/c1-3-30(21-10-6-4-7-11-21)24(32)18-34-26-29-28-25(31(26)22-12-8-5-9-13-22)19(2)33-23-16-14-20(27)15-17-23/h4-17,19H,3,18H2,1-2H3. The zero-order valence-corrected chi connectivity index (χ0v) is 19.8. The van der Waals surface area contributed by atoms with Crippen molar-refractivity contribution in [2.75, 3.05) is 17.2 Å². The molecule has 0 saturated heterocycles. The first-order valence-corrected chi connectivity index (χ1v) is 12.0. The SMILES string of the molecule is CCN(C(=O)CSc1nnc(C(C)Oc2ccc(F)cc2)n1-c1ccccc1)c1ccccc1. The number of hydrogen-bond acceptors (Lipinski definition) is 5. The highest BCUT2D eigenvalue weighted by molar-refractivity contribution is 7.99. The van der Waals surface area contributed by atoms with Crippen LogP contribution in [0.1, 0.15) is 25.8 Å². The van der Waals surface area contributed by atoms with E-state index in [4.69, 9.17) is 4.74 Å². The summed E-state index contributed by atoms with van der Waals surface area (Å²) in [6.07, 6.45) is -0.459. The summed E-state index contributed by atoms with van der Waals surface area (Å²) in [5.41, 5.74) is 1.73. The number of anilines is 1. The molecule has 0 fully saturated rings. The molecule has 1 atom stereocenters. The molecule has 6 nitrogen and oxygen atoms in total. The number of rotatable bonds is 9. The van der Waals surface area contributed by atoms with Crippen molar-refractivity contribution in [3.05, 3.63) is 96.6 Å². The van der Waals surface area contributed by atoms with Gasteiger partial charge in [-0.25, -0.2) is 4.39 Å². The van der Waals surface area contributed by atoms with Crippen LogP contribution in [0, 0.1) is 5.82 Å². The lowest BCUT2D eigenvalue weighted by Crippen LogP contribution is -2.32. The molecule has 1 amide bonds. The molecule has 0 aliphatic carbocycles. The Balaban J connectivity index is 1.57. The van der Waals surface area contributed by atoms with Crippen molar-refractivity contribution in [2.24, 2.45) is 0 Å². The molecule has 1 aromatic heterocycles. The summed E-state index contributed by atoms with van der Waals surface area (Å²) in [7, 11) is 0. The molecule has 1 heterocycles. The van der Waals surface area contributed by atoms with E-state index in [-0.39, 0.29) is 17.5 Å². The van der Waals surface area contributed by atoms with Crippen molar-refractivity contribution in [1.29, 1.82) is 0 Å². The van der Waals surface area contributed by atoms with E-state index in [1.165, 1.54) is 23.9 Å². The van der Waals surface area contributed by atoms with Crippen LogP contribution in [0.3, 0.4) is 0 Å². The minimum atomic E-state index is -0.459. The Kier molecular flexibility index (Phi) is 7.59. The summed E-state index contributed by atoms with van der Waals surface area (Å²) in [4.78, 5) is 14.7. The van der Waals surface area contributed by atoms with Gasteiger partial charge in [0.15, 0.2) is 17.1 Å². The van der Waals surface area contributed by atoms with Crippen molar-refractivity contribution in [3.8, 4) is 11.4 Å². The van der Waals surface area contributed by atoms with Crippen LogP contribution in [-0.2, 0) is 4.79 Å². The van der Waals surface area contributed by atoms with Crippen molar-refractivity contribution < 1.29 is 13.9 Å². The smallest absolute Gasteiger partial charge is 0.237 e. The minimum Gasteiger partial charge on any atom is -0.483 e. The number of carbonyl (C=O) groups excluding carboxylic acids is 1. The maximum Gasteiger partial charge on any atom is 0.237 e. The van der Waals surface area contributed by atoms with E-state index in [1.807, 2.05) is 79.1 Å². The monoisotopic (exact) mass is 476 g/mol. The van der Waals surface area contributed by atoms with Crippen molar-refractivity contribution >= 4 is 23.4 Å². The van der Waals surface area contributed by atoms with E-state index in [2.05, 4.69) is 10.2 Å². The van der Waals surface area contributed by atoms with Crippen LogP contribution in [0.2, 0.25) is 0 Å². The van der Waals surface area contributed by atoms with Gasteiger partial charge in [-0.1, -0.05) is 48.2 Å². The highest BCUT2D eigenvalue weighted by Crippen LogP contribution is 2.28. The fraction of sp³-hybridized carbons (Fsp3) is 0.192. The Morgan fingerprint density at radius 2 is 1.65 bits per heavy atom. The molecule has 0 bridgehead atoms. The third-order valence-corrected chi connectivity index (χ3v) is 6.09. The van der Waals surface area contributed by atoms with Crippen LogP contribution >= 0.6 is 11.8 Å². The van der Waals surface area contributed by atoms with Gasteiger partial charge in [-0.05, 0) is 62.4 Å². The topological polar surface area (TPSA) is 60.3 Å². The Labute approximate surface area is 202 Å². The summed E-state index contributed by atoms with van der Waals surface area (Å²) in [6, 6.07) is 25.1. The fourth-order valence-electron chi connectivity index (χ4n) is 3.54. The first-order valence-electron chi connectivity index (χ1n) is 11.0. The van der Waals surface area contributed by atoms with Crippen LogP contribution in [0.5, 0.6) is 5.75 Å². The Morgan fingerprint density at radius 1 is 1.00 bits per heavy atom. The van der Waals surface area contributed by atoms with Gasteiger partial charge in [-0.2, -0.15) is 0 Å². The molecule has 1 unspecified atom stereocenters. The minimum absolute atomic E-state index is 0.0153. The fourth-order valence-corrected chi connectivity index (χ4v) is 4.38. The molecule has 34 heavy (non-hydrogen) atoms. The molecular weight excluding hydrogens is 451 g/mol. The van der Waals surface area contributed by atoms with E-state index in [9.17, 15) is 9.18 Å². The number of thioether (sulfide) groups is 1. The number of amides is 1. The average Bonchev–Trinajstić information content (AvgIpc) is 3.30.